The van der Waals surface area contributed by atoms with Gasteiger partial charge in [-0.15, -0.1) is 0 Å². The van der Waals surface area contributed by atoms with Crippen LogP contribution in [0.4, 0.5) is 0 Å². The number of aromatic nitrogens is 2. The van der Waals surface area contributed by atoms with E-state index in [1.54, 1.807) is 0 Å². The van der Waals surface area contributed by atoms with Crippen LogP contribution in [0.2, 0.25) is 5.02 Å². The largest absolute Gasteiger partial charge is 0.260 e. The molecule has 1 aliphatic carbocycles. The van der Waals surface area contributed by atoms with Crippen molar-refractivity contribution in [1.82, 2.24) is 14.5 Å². The molecule has 0 unspecified atom stereocenters. The molecule has 1 N–H and O–H groups in total. The highest BCUT2D eigenvalue weighted by Crippen LogP contribution is 2.29. The van der Waals surface area contributed by atoms with Crippen molar-refractivity contribution in [3.63, 3.8) is 0 Å². The molecule has 8 heteroatoms. The molecule has 1 aliphatic rings. The summed E-state index contributed by atoms with van der Waals surface area (Å²) in [7, 11) is -2.36. The molecule has 1 fully saturated rings. The van der Waals surface area contributed by atoms with Gasteiger partial charge in [-0.05, 0) is 12.8 Å². The summed E-state index contributed by atoms with van der Waals surface area (Å²) in [6, 6.07) is 2.15. The van der Waals surface area contributed by atoms with Crippen molar-refractivity contribution in [3.05, 3.63) is 11.2 Å². The second kappa shape index (κ2) is 5.72. The number of hydrogen-bond donors (Lipinski definition) is 1. The third-order valence-electron chi connectivity index (χ3n) is 3.60. The molecule has 0 aliphatic heterocycles. The molecule has 1 heterocycles. The van der Waals surface area contributed by atoms with Crippen LogP contribution < -0.4 is 4.72 Å². The summed E-state index contributed by atoms with van der Waals surface area (Å²) in [6.45, 7) is 0. The first-order valence-electron chi connectivity index (χ1n) is 6.53. The second-order valence-electron chi connectivity index (χ2n) is 5.13. The topological polar surface area (TPSA) is 87.8 Å². The molecule has 0 amide bonds. The van der Waals surface area contributed by atoms with Crippen molar-refractivity contribution in [2.24, 2.45) is 7.05 Å². The Bertz CT molecular complexity index is 605. The Morgan fingerprint density at radius 3 is 2.45 bits per heavy atom. The molecule has 0 atom stereocenters. The van der Waals surface area contributed by atoms with Gasteiger partial charge in [0.05, 0.1) is 17.3 Å². The third-order valence-corrected chi connectivity index (χ3v) is 5.64. The number of aryl methyl sites for hydroxylation is 1. The van der Waals surface area contributed by atoms with Gasteiger partial charge < -0.3 is 0 Å². The van der Waals surface area contributed by atoms with E-state index < -0.39 is 15.6 Å². The highest BCUT2D eigenvalue weighted by molar-refractivity contribution is 7.89. The Kier molecular flexibility index (Phi) is 4.37. The van der Waals surface area contributed by atoms with E-state index in [1.165, 1.54) is 17.9 Å². The molecule has 0 aromatic carbocycles. The lowest BCUT2D eigenvalue weighted by Gasteiger charge is -2.25. The first-order chi connectivity index (χ1) is 9.40. The number of rotatable bonds is 3. The van der Waals surface area contributed by atoms with E-state index in [1.807, 2.05) is 0 Å². The number of nitriles is 1. The molecule has 0 radical (unpaired) electrons. The Hall–Kier alpha value is -1.10. The van der Waals surface area contributed by atoms with Crippen LogP contribution in [-0.4, -0.2) is 23.7 Å². The zero-order valence-corrected chi connectivity index (χ0v) is 12.8. The lowest BCUT2D eigenvalue weighted by Crippen LogP contribution is -2.47. The molecule has 0 bridgehead atoms. The fourth-order valence-electron chi connectivity index (χ4n) is 2.58. The SMILES string of the molecule is Cn1ncc(Cl)c1S(=O)(=O)NC1(C#N)CCCCCC1. The summed E-state index contributed by atoms with van der Waals surface area (Å²) in [6.07, 6.45) is 6.07. The minimum absolute atomic E-state index is 0.0571. The van der Waals surface area contributed by atoms with E-state index in [-0.39, 0.29) is 10.0 Å². The Balaban J connectivity index is 2.34. The fraction of sp³-hybridized carbons (Fsp3) is 0.667. The molecule has 0 saturated heterocycles. The van der Waals surface area contributed by atoms with Gasteiger partial charge in [0.15, 0.2) is 5.03 Å². The smallest absolute Gasteiger partial charge is 0.255 e. The van der Waals surface area contributed by atoms with Crippen molar-refractivity contribution < 1.29 is 8.42 Å². The van der Waals surface area contributed by atoms with Gasteiger partial charge >= 0.3 is 0 Å². The average Bonchev–Trinajstić information content (AvgIpc) is 2.61. The minimum atomic E-state index is -3.87. The van der Waals surface area contributed by atoms with E-state index in [0.29, 0.717) is 12.8 Å². The van der Waals surface area contributed by atoms with Crippen LogP contribution in [0.15, 0.2) is 11.2 Å². The van der Waals surface area contributed by atoms with Crippen LogP contribution in [0.25, 0.3) is 0 Å². The average molecular weight is 317 g/mol. The summed E-state index contributed by atoms with van der Waals surface area (Å²) >= 11 is 5.88. The number of nitrogens with one attached hydrogen (secondary N) is 1. The number of nitrogens with zero attached hydrogens (tertiary/aromatic N) is 3. The predicted octanol–water partition coefficient (Wildman–Crippen LogP) is 1.97. The molecule has 1 saturated carbocycles. The number of sulfonamides is 1. The van der Waals surface area contributed by atoms with Crippen LogP contribution in [-0.2, 0) is 17.1 Å². The molecule has 20 heavy (non-hydrogen) atoms. The quantitative estimate of drug-likeness (QED) is 0.863. The van der Waals surface area contributed by atoms with E-state index in [9.17, 15) is 13.7 Å². The van der Waals surface area contributed by atoms with E-state index in [2.05, 4.69) is 15.9 Å². The maximum Gasteiger partial charge on any atom is 0.260 e. The van der Waals surface area contributed by atoms with Gasteiger partial charge in [-0.25, -0.2) is 8.42 Å². The van der Waals surface area contributed by atoms with Crippen LogP contribution in [0.3, 0.4) is 0 Å². The monoisotopic (exact) mass is 316 g/mol. The van der Waals surface area contributed by atoms with Crippen LogP contribution in [0.5, 0.6) is 0 Å². The Morgan fingerprint density at radius 1 is 1.40 bits per heavy atom. The fourth-order valence-corrected chi connectivity index (χ4v) is 4.61. The molecule has 2 rings (SSSR count). The molecule has 1 aromatic rings. The normalized spacial score (nSPS) is 19.2. The van der Waals surface area contributed by atoms with E-state index in [0.717, 1.165) is 25.7 Å². The zero-order valence-electron chi connectivity index (χ0n) is 11.3. The minimum Gasteiger partial charge on any atom is -0.255 e. The van der Waals surface area contributed by atoms with Crippen LogP contribution in [0, 0.1) is 11.3 Å². The first kappa shape index (κ1) is 15.3. The Labute approximate surface area is 123 Å². The van der Waals surface area contributed by atoms with Crippen molar-refractivity contribution in [2.45, 2.75) is 49.1 Å². The highest BCUT2D eigenvalue weighted by Gasteiger charge is 2.37. The molecular weight excluding hydrogens is 300 g/mol. The predicted molar refractivity (Wildman–Crippen MR) is 74.6 cm³/mol. The molecule has 6 nitrogen and oxygen atoms in total. The molecule has 110 valence electrons. The van der Waals surface area contributed by atoms with Gasteiger partial charge in [0.25, 0.3) is 10.0 Å². The van der Waals surface area contributed by atoms with Crippen molar-refractivity contribution in [1.29, 1.82) is 5.26 Å². The zero-order chi connectivity index (χ0) is 14.8. The summed E-state index contributed by atoms with van der Waals surface area (Å²) in [4.78, 5) is 0. The summed E-state index contributed by atoms with van der Waals surface area (Å²) in [5.74, 6) is 0. The summed E-state index contributed by atoms with van der Waals surface area (Å²) in [5, 5.41) is 13.2. The highest BCUT2D eigenvalue weighted by atomic mass is 35.5. The van der Waals surface area contributed by atoms with Gasteiger partial charge in [0.1, 0.15) is 5.54 Å². The summed E-state index contributed by atoms with van der Waals surface area (Å²) < 4.78 is 28.7. The molecular formula is C12H17ClN4O2S. The summed E-state index contributed by atoms with van der Waals surface area (Å²) in [5.41, 5.74) is -1.04. The number of hydrogen-bond acceptors (Lipinski definition) is 4. The van der Waals surface area contributed by atoms with E-state index >= 15 is 0 Å². The van der Waals surface area contributed by atoms with Crippen molar-refractivity contribution >= 4 is 21.6 Å². The van der Waals surface area contributed by atoms with Gasteiger partial charge in [-0.3, -0.25) is 4.68 Å². The lowest BCUT2D eigenvalue weighted by atomic mass is 9.94. The maximum atomic E-state index is 12.5. The van der Waals surface area contributed by atoms with Gasteiger partial charge in [0.2, 0.25) is 0 Å². The van der Waals surface area contributed by atoms with Gasteiger partial charge in [-0.1, -0.05) is 37.3 Å². The van der Waals surface area contributed by atoms with Crippen molar-refractivity contribution in [3.8, 4) is 6.07 Å². The maximum absolute atomic E-state index is 12.5. The molecule has 0 spiro atoms. The van der Waals surface area contributed by atoms with Crippen LogP contribution in [0.1, 0.15) is 38.5 Å². The number of halogens is 1. The van der Waals surface area contributed by atoms with Gasteiger partial charge in [0, 0.05) is 7.05 Å². The Morgan fingerprint density at radius 2 is 2.00 bits per heavy atom. The van der Waals surface area contributed by atoms with Crippen LogP contribution >= 0.6 is 11.6 Å². The second-order valence-corrected chi connectivity index (χ2v) is 7.14. The van der Waals surface area contributed by atoms with Crippen molar-refractivity contribution in [2.75, 3.05) is 0 Å². The van der Waals surface area contributed by atoms with E-state index in [4.69, 9.17) is 11.6 Å². The standard InChI is InChI=1S/C12H17ClN4O2S/c1-17-11(10(13)8-15-17)20(18,19)16-12(9-14)6-4-2-3-5-7-12/h8,16H,2-7H2,1H3. The lowest BCUT2D eigenvalue weighted by molar-refractivity contribution is 0.419. The first-order valence-corrected chi connectivity index (χ1v) is 8.39. The van der Waals surface area contributed by atoms with Gasteiger partial charge in [-0.2, -0.15) is 15.1 Å². The third kappa shape index (κ3) is 2.97. The molecule has 1 aromatic heterocycles.